The van der Waals surface area contributed by atoms with Crippen LogP contribution in [0, 0.1) is 13.8 Å². The molecule has 3 rings (SSSR count). The number of rotatable bonds is 6. The first-order valence-electron chi connectivity index (χ1n) is 10.5. The number of alkyl halides is 3. The first kappa shape index (κ1) is 24.3. The lowest BCUT2D eigenvalue weighted by molar-refractivity contribution is -0.274. The van der Waals surface area contributed by atoms with Gasteiger partial charge in [0, 0.05) is 43.5 Å². The number of para-hydroxylation sites is 2. The van der Waals surface area contributed by atoms with Crippen LogP contribution in [-0.2, 0) is 9.59 Å². The molecule has 1 aliphatic rings. The predicted molar refractivity (Wildman–Crippen MR) is 120 cm³/mol. The van der Waals surface area contributed by atoms with Crippen molar-refractivity contribution in [2.75, 3.05) is 38.0 Å². The first-order valence-corrected chi connectivity index (χ1v) is 10.5. The zero-order chi connectivity index (χ0) is 24.0. The van der Waals surface area contributed by atoms with Crippen molar-refractivity contribution in [2.45, 2.75) is 20.2 Å². The summed E-state index contributed by atoms with van der Waals surface area (Å²) < 4.78 is 41.6. The third-order valence-corrected chi connectivity index (χ3v) is 5.35. The van der Waals surface area contributed by atoms with Crippen molar-refractivity contribution in [1.82, 2.24) is 9.80 Å². The van der Waals surface area contributed by atoms with Crippen LogP contribution in [0.5, 0.6) is 5.75 Å². The van der Waals surface area contributed by atoms with Crippen LogP contribution in [0.25, 0.3) is 6.08 Å². The number of benzene rings is 2. The minimum Gasteiger partial charge on any atom is -0.405 e. The number of piperazine rings is 1. The van der Waals surface area contributed by atoms with E-state index in [1.807, 2.05) is 36.9 Å². The molecule has 0 atom stereocenters. The van der Waals surface area contributed by atoms with Gasteiger partial charge in [-0.15, -0.1) is 13.2 Å². The monoisotopic (exact) mass is 461 g/mol. The SMILES string of the molecule is Cc1cccc(C)c1NC(=O)CN1CCN(C(=O)/C=C/c2ccccc2OC(F)(F)F)CC1. The summed E-state index contributed by atoms with van der Waals surface area (Å²) in [4.78, 5) is 28.5. The standard InChI is InChI=1S/C24H26F3N3O3/c1-17-6-5-7-18(2)23(17)28-21(31)16-29-12-14-30(15-13-29)22(32)11-10-19-8-3-4-9-20(19)33-24(25,26)27/h3-11H,12-16H2,1-2H3,(H,28,31)/b11-10+. The van der Waals surface area contributed by atoms with E-state index >= 15 is 0 Å². The molecule has 0 aromatic heterocycles. The van der Waals surface area contributed by atoms with Gasteiger partial charge in [-0.3, -0.25) is 14.5 Å². The molecule has 33 heavy (non-hydrogen) atoms. The number of carbonyl (C=O) groups is 2. The third kappa shape index (κ3) is 7.08. The van der Waals surface area contributed by atoms with E-state index in [0.717, 1.165) is 16.8 Å². The van der Waals surface area contributed by atoms with Gasteiger partial charge in [-0.05, 0) is 37.1 Å². The Labute approximate surface area is 190 Å². The maximum Gasteiger partial charge on any atom is 0.573 e. The van der Waals surface area contributed by atoms with Gasteiger partial charge in [-0.1, -0.05) is 36.4 Å². The number of ether oxygens (including phenoxy) is 1. The fraction of sp³-hybridized carbons (Fsp3) is 0.333. The summed E-state index contributed by atoms with van der Waals surface area (Å²) in [5, 5.41) is 2.96. The van der Waals surface area contributed by atoms with Gasteiger partial charge in [-0.25, -0.2) is 0 Å². The quantitative estimate of drug-likeness (QED) is 0.661. The molecule has 0 spiro atoms. The van der Waals surface area contributed by atoms with Crippen molar-refractivity contribution in [3.8, 4) is 5.75 Å². The van der Waals surface area contributed by atoms with Crippen molar-refractivity contribution < 1.29 is 27.5 Å². The van der Waals surface area contributed by atoms with E-state index < -0.39 is 6.36 Å². The molecule has 0 unspecified atom stereocenters. The molecule has 1 N–H and O–H groups in total. The number of nitrogens with one attached hydrogen (secondary N) is 1. The van der Waals surface area contributed by atoms with Crippen molar-refractivity contribution in [3.63, 3.8) is 0 Å². The largest absolute Gasteiger partial charge is 0.573 e. The summed E-state index contributed by atoms with van der Waals surface area (Å²) in [6.45, 7) is 5.97. The lowest BCUT2D eigenvalue weighted by atomic mass is 10.1. The molecule has 0 bridgehead atoms. The maximum atomic E-state index is 12.5. The van der Waals surface area contributed by atoms with E-state index in [4.69, 9.17) is 0 Å². The summed E-state index contributed by atoms with van der Waals surface area (Å²) in [6, 6.07) is 11.4. The predicted octanol–water partition coefficient (Wildman–Crippen LogP) is 4.00. The zero-order valence-electron chi connectivity index (χ0n) is 18.5. The van der Waals surface area contributed by atoms with Crippen LogP contribution in [-0.4, -0.2) is 60.7 Å². The maximum absolute atomic E-state index is 12.5. The molecule has 0 aliphatic carbocycles. The van der Waals surface area contributed by atoms with Crippen LogP contribution >= 0.6 is 0 Å². The summed E-state index contributed by atoms with van der Waals surface area (Å²) in [5.74, 6) is -0.793. The van der Waals surface area contributed by atoms with Gasteiger partial charge in [-0.2, -0.15) is 0 Å². The molecule has 9 heteroatoms. The number of anilines is 1. The van der Waals surface area contributed by atoms with Gasteiger partial charge < -0.3 is 15.0 Å². The lowest BCUT2D eigenvalue weighted by Gasteiger charge is -2.33. The molecule has 1 saturated heterocycles. The van der Waals surface area contributed by atoms with Crippen LogP contribution in [0.2, 0.25) is 0 Å². The second-order valence-corrected chi connectivity index (χ2v) is 7.84. The molecule has 176 valence electrons. The Kier molecular flexibility index (Phi) is 7.75. The Hall–Kier alpha value is -3.33. The second kappa shape index (κ2) is 10.5. The average molecular weight is 461 g/mol. The third-order valence-electron chi connectivity index (χ3n) is 5.35. The first-order chi connectivity index (χ1) is 15.6. The molecule has 1 fully saturated rings. The Bertz CT molecular complexity index is 1010. The topological polar surface area (TPSA) is 61.9 Å². The Morgan fingerprint density at radius 3 is 2.27 bits per heavy atom. The molecular formula is C24H26F3N3O3. The van der Waals surface area contributed by atoms with Crippen molar-refractivity contribution in [2.24, 2.45) is 0 Å². The van der Waals surface area contributed by atoms with Gasteiger partial charge in [0.1, 0.15) is 5.75 Å². The van der Waals surface area contributed by atoms with Crippen LogP contribution in [0.4, 0.5) is 18.9 Å². The van der Waals surface area contributed by atoms with Crippen LogP contribution in [0.3, 0.4) is 0 Å². The lowest BCUT2D eigenvalue weighted by Crippen LogP contribution is -2.50. The number of carbonyl (C=O) groups excluding carboxylic acids is 2. The highest BCUT2D eigenvalue weighted by Crippen LogP contribution is 2.27. The van der Waals surface area contributed by atoms with E-state index in [2.05, 4.69) is 10.1 Å². The highest BCUT2D eigenvalue weighted by molar-refractivity contribution is 5.94. The van der Waals surface area contributed by atoms with Crippen LogP contribution in [0.15, 0.2) is 48.5 Å². The summed E-state index contributed by atoms with van der Waals surface area (Å²) in [6.07, 6.45) is -2.26. The molecule has 2 amide bonds. The summed E-state index contributed by atoms with van der Waals surface area (Å²) in [5.41, 5.74) is 2.96. The molecule has 2 aromatic carbocycles. The highest BCUT2D eigenvalue weighted by atomic mass is 19.4. The molecule has 1 heterocycles. The van der Waals surface area contributed by atoms with Crippen LogP contribution in [0.1, 0.15) is 16.7 Å². The Morgan fingerprint density at radius 2 is 1.64 bits per heavy atom. The zero-order valence-corrected chi connectivity index (χ0v) is 18.5. The molecule has 6 nitrogen and oxygen atoms in total. The Morgan fingerprint density at radius 1 is 1.00 bits per heavy atom. The smallest absolute Gasteiger partial charge is 0.405 e. The van der Waals surface area contributed by atoms with E-state index in [-0.39, 0.29) is 29.7 Å². The molecule has 0 radical (unpaired) electrons. The molecular weight excluding hydrogens is 435 g/mol. The van der Waals surface area contributed by atoms with E-state index in [9.17, 15) is 22.8 Å². The van der Waals surface area contributed by atoms with Crippen molar-refractivity contribution >= 4 is 23.6 Å². The average Bonchev–Trinajstić information content (AvgIpc) is 2.75. The number of hydrogen-bond acceptors (Lipinski definition) is 4. The number of aryl methyl sites for hydroxylation is 2. The van der Waals surface area contributed by atoms with Gasteiger partial charge >= 0.3 is 6.36 Å². The van der Waals surface area contributed by atoms with E-state index in [0.29, 0.717) is 26.2 Å². The summed E-state index contributed by atoms with van der Waals surface area (Å²) in [7, 11) is 0. The van der Waals surface area contributed by atoms with E-state index in [1.54, 1.807) is 11.0 Å². The number of nitrogens with zero attached hydrogens (tertiary/aromatic N) is 2. The minimum absolute atomic E-state index is 0.117. The fourth-order valence-electron chi connectivity index (χ4n) is 3.62. The van der Waals surface area contributed by atoms with Gasteiger partial charge in [0.25, 0.3) is 0 Å². The van der Waals surface area contributed by atoms with Gasteiger partial charge in [0.2, 0.25) is 11.8 Å². The Balaban J connectivity index is 1.51. The van der Waals surface area contributed by atoms with Gasteiger partial charge in [0.05, 0.1) is 6.54 Å². The van der Waals surface area contributed by atoms with Crippen molar-refractivity contribution in [1.29, 1.82) is 0 Å². The number of halogens is 3. The van der Waals surface area contributed by atoms with Gasteiger partial charge in [0.15, 0.2) is 0 Å². The van der Waals surface area contributed by atoms with Crippen LogP contribution < -0.4 is 10.1 Å². The molecule has 0 saturated carbocycles. The van der Waals surface area contributed by atoms with Crippen molar-refractivity contribution in [3.05, 3.63) is 65.2 Å². The normalized spacial score (nSPS) is 15.0. The number of hydrogen-bond donors (Lipinski definition) is 1. The fourth-order valence-corrected chi connectivity index (χ4v) is 3.62. The molecule has 2 aromatic rings. The minimum atomic E-state index is -4.81. The second-order valence-electron chi connectivity index (χ2n) is 7.84. The highest BCUT2D eigenvalue weighted by Gasteiger charge is 2.31. The number of amides is 2. The van der Waals surface area contributed by atoms with E-state index in [1.165, 1.54) is 30.4 Å². The summed E-state index contributed by atoms with van der Waals surface area (Å²) >= 11 is 0. The molecule has 1 aliphatic heterocycles.